The van der Waals surface area contributed by atoms with E-state index in [0.29, 0.717) is 16.0 Å². The number of benzene rings is 2. The lowest BCUT2D eigenvalue weighted by Crippen LogP contribution is -2.40. The first-order valence-electron chi connectivity index (χ1n) is 9.80. The van der Waals surface area contributed by atoms with Crippen molar-refractivity contribution >= 4 is 38.2 Å². The highest BCUT2D eigenvalue weighted by atomic mass is 35.5. The maximum absolute atomic E-state index is 12.6. The molecule has 5 nitrogen and oxygen atoms in total. The molecule has 2 aromatic carbocycles. The number of sulfonamides is 1. The molecule has 0 radical (unpaired) electrons. The highest BCUT2D eigenvalue weighted by molar-refractivity contribution is 7.89. The molecule has 0 amide bonds. The van der Waals surface area contributed by atoms with Crippen molar-refractivity contribution in [3.63, 3.8) is 0 Å². The van der Waals surface area contributed by atoms with Crippen LogP contribution < -0.4 is 10.0 Å². The van der Waals surface area contributed by atoms with E-state index in [-0.39, 0.29) is 6.04 Å². The molecule has 29 heavy (non-hydrogen) atoms. The van der Waals surface area contributed by atoms with E-state index in [1.807, 2.05) is 43.3 Å². The van der Waals surface area contributed by atoms with Crippen LogP contribution in [0.5, 0.6) is 0 Å². The molecule has 4 rings (SSSR count). The van der Waals surface area contributed by atoms with Gasteiger partial charge in [0.05, 0.1) is 10.4 Å². The number of anilines is 1. The van der Waals surface area contributed by atoms with Gasteiger partial charge in [-0.1, -0.05) is 29.3 Å². The zero-order chi connectivity index (χ0) is 20.4. The summed E-state index contributed by atoms with van der Waals surface area (Å²) in [4.78, 5) is 4.71. The molecule has 0 unspecified atom stereocenters. The standard InChI is InChI=1S/C22H24ClN3O2S/c1-15-2-9-19(10-3-15)29(27,28)26-18-7-5-17(6-8-18)25-21-12-13-24-22-14-16(23)4-11-20(21)22/h2-4,9-14,17-18,26H,5-8H2,1H3,(H,24,25). The SMILES string of the molecule is Cc1ccc(S(=O)(=O)NC2CCC(Nc3ccnc4cc(Cl)ccc34)CC2)cc1. The van der Waals surface area contributed by atoms with Crippen molar-refractivity contribution in [2.45, 2.75) is 49.6 Å². The largest absolute Gasteiger partial charge is 0.382 e. The summed E-state index contributed by atoms with van der Waals surface area (Å²) in [5, 5.41) is 5.32. The maximum atomic E-state index is 12.6. The first-order valence-corrected chi connectivity index (χ1v) is 11.7. The van der Waals surface area contributed by atoms with E-state index < -0.39 is 10.0 Å². The third-order valence-corrected chi connectivity index (χ3v) is 7.22. The predicted molar refractivity (Wildman–Crippen MR) is 118 cm³/mol. The molecule has 2 N–H and O–H groups in total. The topological polar surface area (TPSA) is 71.1 Å². The van der Waals surface area contributed by atoms with Crippen LogP contribution in [0.3, 0.4) is 0 Å². The second kappa shape index (κ2) is 8.30. The van der Waals surface area contributed by atoms with E-state index in [1.165, 1.54) is 0 Å². The molecule has 0 atom stereocenters. The average Bonchev–Trinajstić information content (AvgIpc) is 2.69. The number of halogens is 1. The Morgan fingerprint density at radius 1 is 0.966 bits per heavy atom. The van der Waals surface area contributed by atoms with Gasteiger partial charge in [0.1, 0.15) is 0 Å². The van der Waals surface area contributed by atoms with Gasteiger partial charge in [-0.05, 0) is 69.0 Å². The molecular formula is C22H24ClN3O2S. The number of rotatable bonds is 5. The summed E-state index contributed by atoms with van der Waals surface area (Å²) in [7, 11) is -3.48. The minimum absolute atomic E-state index is 0.0349. The van der Waals surface area contributed by atoms with Gasteiger partial charge < -0.3 is 5.32 Å². The Bertz CT molecular complexity index is 1110. The lowest BCUT2D eigenvalue weighted by Gasteiger charge is -2.30. The molecule has 1 aliphatic rings. The van der Waals surface area contributed by atoms with Crippen molar-refractivity contribution < 1.29 is 8.42 Å². The first-order chi connectivity index (χ1) is 13.9. The normalized spacial score (nSPS) is 19.9. The van der Waals surface area contributed by atoms with Crippen LogP contribution in [-0.4, -0.2) is 25.5 Å². The van der Waals surface area contributed by atoms with Crippen molar-refractivity contribution in [1.82, 2.24) is 9.71 Å². The van der Waals surface area contributed by atoms with Crippen molar-refractivity contribution in [2.24, 2.45) is 0 Å². The molecule has 3 aromatic rings. The van der Waals surface area contributed by atoms with Crippen LogP contribution in [0, 0.1) is 6.92 Å². The summed E-state index contributed by atoms with van der Waals surface area (Å²) in [5.41, 5.74) is 2.94. The second-order valence-corrected chi connectivity index (χ2v) is 9.80. The third-order valence-electron chi connectivity index (χ3n) is 5.44. The highest BCUT2D eigenvalue weighted by Crippen LogP contribution is 2.28. The fraction of sp³-hybridized carbons (Fsp3) is 0.318. The number of nitrogens with one attached hydrogen (secondary N) is 2. The fourth-order valence-corrected chi connectivity index (χ4v) is 5.30. The van der Waals surface area contributed by atoms with Gasteiger partial charge in [-0.3, -0.25) is 4.98 Å². The highest BCUT2D eigenvalue weighted by Gasteiger charge is 2.26. The summed E-state index contributed by atoms with van der Waals surface area (Å²) in [5.74, 6) is 0. The quantitative estimate of drug-likeness (QED) is 0.605. The van der Waals surface area contributed by atoms with Crippen LogP contribution in [0.25, 0.3) is 10.9 Å². The van der Waals surface area contributed by atoms with Crippen molar-refractivity contribution in [3.8, 4) is 0 Å². The minimum atomic E-state index is -3.48. The van der Waals surface area contributed by atoms with Crippen LogP contribution in [0.4, 0.5) is 5.69 Å². The Morgan fingerprint density at radius 3 is 2.38 bits per heavy atom. The third kappa shape index (κ3) is 4.71. The maximum Gasteiger partial charge on any atom is 0.240 e. The van der Waals surface area contributed by atoms with Gasteiger partial charge in [-0.2, -0.15) is 0 Å². The zero-order valence-electron chi connectivity index (χ0n) is 16.2. The molecule has 1 aromatic heterocycles. The first kappa shape index (κ1) is 20.1. The van der Waals surface area contributed by atoms with E-state index in [9.17, 15) is 8.42 Å². The van der Waals surface area contributed by atoms with Crippen molar-refractivity contribution in [1.29, 1.82) is 0 Å². The molecule has 152 valence electrons. The molecule has 1 fully saturated rings. The van der Waals surface area contributed by atoms with E-state index in [2.05, 4.69) is 15.0 Å². The molecule has 0 bridgehead atoms. The Morgan fingerprint density at radius 2 is 1.66 bits per heavy atom. The number of hydrogen-bond donors (Lipinski definition) is 2. The molecule has 1 heterocycles. The number of aryl methyl sites for hydroxylation is 1. The molecular weight excluding hydrogens is 406 g/mol. The Balaban J connectivity index is 1.38. The summed E-state index contributed by atoms with van der Waals surface area (Å²) in [6.45, 7) is 1.94. The van der Waals surface area contributed by atoms with E-state index in [0.717, 1.165) is 47.8 Å². The lowest BCUT2D eigenvalue weighted by molar-refractivity contribution is 0.387. The fourth-order valence-electron chi connectivity index (χ4n) is 3.83. The smallest absolute Gasteiger partial charge is 0.240 e. The molecule has 7 heteroatoms. The van der Waals surface area contributed by atoms with Gasteiger partial charge in [0.25, 0.3) is 0 Å². The van der Waals surface area contributed by atoms with E-state index in [4.69, 9.17) is 11.6 Å². The van der Waals surface area contributed by atoms with Crippen LogP contribution in [0.2, 0.25) is 5.02 Å². The van der Waals surface area contributed by atoms with Gasteiger partial charge in [0.15, 0.2) is 0 Å². The Hall–Kier alpha value is -2.15. The van der Waals surface area contributed by atoms with Crippen molar-refractivity contribution in [3.05, 3.63) is 65.3 Å². The zero-order valence-corrected chi connectivity index (χ0v) is 17.8. The van der Waals surface area contributed by atoms with Crippen LogP contribution in [0.1, 0.15) is 31.2 Å². The van der Waals surface area contributed by atoms with Gasteiger partial charge in [0.2, 0.25) is 10.0 Å². The van der Waals surface area contributed by atoms with E-state index in [1.54, 1.807) is 18.3 Å². The van der Waals surface area contributed by atoms with Gasteiger partial charge in [-0.15, -0.1) is 0 Å². The average molecular weight is 430 g/mol. The number of fused-ring (bicyclic) bond motifs is 1. The molecule has 0 saturated heterocycles. The number of aromatic nitrogens is 1. The summed E-state index contributed by atoms with van der Waals surface area (Å²) in [6.07, 6.45) is 5.19. The van der Waals surface area contributed by atoms with Crippen LogP contribution >= 0.6 is 11.6 Å². The predicted octanol–water partition coefficient (Wildman–Crippen LogP) is 4.90. The van der Waals surface area contributed by atoms with Gasteiger partial charge in [0, 0.05) is 34.4 Å². The van der Waals surface area contributed by atoms with Gasteiger partial charge >= 0.3 is 0 Å². The lowest BCUT2D eigenvalue weighted by atomic mass is 9.91. The van der Waals surface area contributed by atoms with Crippen LogP contribution in [0.15, 0.2) is 59.6 Å². The summed E-state index contributed by atoms with van der Waals surface area (Å²) >= 11 is 6.07. The number of hydrogen-bond acceptors (Lipinski definition) is 4. The number of pyridine rings is 1. The Kier molecular flexibility index (Phi) is 5.76. The second-order valence-electron chi connectivity index (χ2n) is 7.65. The Labute approximate surface area is 176 Å². The summed E-state index contributed by atoms with van der Waals surface area (Å²) in [6, 6.07) is 14.9. The molecule has 1 aliphatic carbocycles. The minimum Gasteiger partial charge on any atom is -0.382 e. The van der Waals surface area contributed by atoms with Gasteiger partial charge in [-0.25, -0.2) is 13.1 Å². The van der Waals surface area contributed by atoms with E-state index >= 15 is 0 Å². The van der Waals surface area contributed by atoms with Crippen LogP contribution in [-0.2, 0) is 10.0 Å². The molecule has 1 saturated carbocycles. The van der Waals surface area contributed by atoms with Crippen molar-refractivity contribution in [2.75, 3.05) is 5.32 Å². The number of nitrogens with zero attached hydrogens (tertiary/aromatic N) is 1. The monoisotopic (exact) mass is 429 g/mol. The summed E-state index contributed by atoms with van der Waals surface area (Å²) < 4.78 is 28.1. The molecule has 0 spiro atoms. The molecule has 0 aliphatic heterocycles.